The van der Waals surface area contributed by atoms with E-state index in [9.17, 15) is 32.1 Å². The molecule has 1 N–H and O–H groups in total. The highest BCUT2D eigenvalue weighted by molar-refractivity contribution is 5.47. The SMILES string of the molecule is O=[N+]([O-])c1cc(O)c(OC(F)(F)F)nc1C(F)F. The third-order valence-corrected chi connectivity index (χ3v) is 1.59. The van der Waals surface area contributed by atoms with Gasteiger partial charge in [0.15, 0.2) is 11.4 Å². The van der Waals surface area contributed by atoms with Gasteiger partial charge >= 0.3 is 12.0 Å². The summed E-state index contributed by atoms with van der Waals surface area (Å²) in [6.07, 6.45) is -8.78. The molecule has 1 heterocycles. The van der Waals surface area contributed by atoms with E-state index in [1.165, 1.54) is 0 Å². The molecular weight excluding hydrogens is 271 g/mol. The number of ether oxygens (including phenoxy) is 1. The van der Waals surface area contributed by atoms with Crippen LogP contribution in [0.1, 0.15) is 12.1 Å². The van der Waals surface area contributed by atoms with E-state index in [0.29, 0.717) is 0 Å². The van der Waals surface area contributed by atoms with Crippen LogP contribution in [0.2, 0.25) is 0 Å². The predicted molar refractivity (Wildman–Crippen MR) is 44.2 cm³/mol. The van der Waals surface area contributed by atoms with E-state index >= 15 is 0 Å². The highest BCUT2D eigenvalue weighted by Crippen LogP contribution is 2.37. The zero-order valence-corrected chi connectivity index (χ0v) is 8.11. The van der Waals surface area contributed by atoms with Crippen molar-refractivity contribution in [1.29, 1.82) is 0 Å². The van der Waals surface area contributed by atoms with Crippen LogP contribution in [-0.4, -0.2) is 21.4 Å². The fraction of sp³-hybridized carbons (Fsp3) is 0.286. The molecule has 0 aliphatic rings. The maximum atomic E-state index is 12.3. The zero-order chi connectivity index (χ0) is 14.1. The molecular formula is C7H3F5N2O4. The summed E-state index contributed by atoms with van der Waals surface area (Å²) in [5.74, 6) is -2.95. The van der Waals surface area contributed by atoms with Crippen molar-refractivity contribution in [2.75, 3.05) is 0 Å². The minimum Gasteiger partial charge on any atom is -0.503 e. The van der Waals surface area contributed by atoms with Gasteiger partial charge in [-0.15, -0.1) is 13.2 Å². The van der Waals surface area contributed by atoms with Gasteiger partial charge in [0.05, 0.1) is 11.0 Å². The van der Waals surface area contributed by atoms with Crippen molar-refractivity contribution in [3.63, 3.8) is 0 Å². The summed E-state index contributed by atoms with van der Waals surface area (Å²) < 4.78 is 63.3. The second kappa shape index (κ2) is 4.58. The van der Waals surface area contributed by atoms with Gasteiger partial charge in [-0.3, -0.25) is 10.1 Å². The smallest absolute Gasteiger partial charge is 0.503 e. The molecule has 0 atom stereocenters. The molecule has 0 bridgehead atoms. The van der Waals surface area contributed by atoms with Crippen molar-refractivity contribution >= 4 is 5.69 Å². The Labute approximate surface area is 94.8 Å². The topological polar surface area (TPSA) is 85.5 Å². The molecule has 1 aromatic heterocycles. The Balaban J connectivity index is 3.32. The molecule has 0 saturated carbocycles. The molecule has 0 saturated heterocycles. The minimum atomic E-state index is -5.28. The number of hydrogen-bond donors (Lipinski definition) is 1. The van der Waals surface area contributed by atoms with Gasteiger partial charge in [0, 0.05) is 0 Å². The molecule has 0 fully saturated rings. The Morgan fingerprint density at radius 3 is 2.39 bits per heavy atom. The third-order valence-electron chi connectivity index (χ3n) is 1.59. The van der Waals surface area contributed by atoms with E-state index in [1.54, 1.807) is 0 Å². The summed E-state index contributed by atoms with van der Waals surface area (Å²) in [7, 11) is 0. The zero-order valence-electron chi connectivity index (χ0n) is 8.11. The van der Waals surface area contributed by atoms with Crippen LogP contribution in [0.4, 0.5) is 27.6 Å². The molecule has 0 unspecified atom stereocenters. The molecule has 11 heteroatoms. The van der Waals surface area contributed by atoms with Gasteiger partial charge in [-0.2, -0.15) is 0 Å². The molecule has 1 rings (SSSR count). The second-order valence-corrected chi connectivity index (χ2v) is 2.82. The first-order valence-corrected chi connectivity index (χ1v) is 4.04. The first-order chi connectivity index (χ1) is 8.11. The van der Waals surface area contributed by atoms with Crippen molar-refractivity contribution in [3.05, 3.63) is 21.9 Å². The number of hydrogen-bond acceptors (Lipinski definition) is 5. The number of pyridine rings is 1. The van der Waals surface area contributed by atoms with Crippen molar-refractivity contribution in [1.82, 2.24) is 4.98 Å². The molecule has 1 aromatic rings. The molecule has 100 valence electrons. The van der Waals surface area contributed by atoms with Crippen LogP contribution in [-0.2, 0) is 0 Å². The minimum absolute atomic E-state index is 0.107. The summed E-state index contributed by atoms with van der Waals surface area (Å²) in [6.45, 7) is 0. The highest BCUT2D eigenvalue weighted by atomic mass is 19.4. The molecule has 6 nitrogen and oxygen atoms in total. The quantitative estimate of drug-likeness (QED) is 0.520. The standard InChI is InChI=1S/C7H3F5N2O4/c8-5(9)4-2(14(16)17)1-3(15)6(13-4)18-7(10,11)12/h1,5,15H. The molecule has 0 aromatic carbocycles. The molecule has 0 aliphatic heterocycles. The van der Waals surface area contributed by atoms with Crippen LogP contribution in [0.5, 0.6) is 11.6 Å². The van der Waals surface area contributed by atoms with Crippen LogP contribution in [0.25, 0.3) is 0 Å². The van der Waals surface area contributed by atoms with Crippen molar-refractivity contribution in [3.8, 4) is 11.6 Å². The van der Waals surface area contributed by atoms with Crippen molar-refractivity contribution in [2.45, 2.75) is 12.8 Å². The van der Waals surface area contributed by atoms with E-state index in [0.717, 1.165) is 0 Å². The molecule has 0 amide bonds. The summed E-state index contributed by atoms with van der Waals surface area (Å²) in [5, 5.41) is 19.3. The average Bonchev–Trinajstić information content (AvgIpc) is 2.17. The normalized spacial score (nSPS) is 11.7. The number of aromatic nitrogens is 1. The number of nitrogens with zero attached hydrogens (tertiary/aromatic N) is 2. The maximum Gasteiger partial charge on any atom is 0.574 e. The number of nitro groups is 1. The number of halogens is 5. The van der Waals surface area contributed by atoms with E-state index < -0.39 is 40.7 Å². The lowest BCUT2D eigenvalue weighted by atomic mass is 10.3. The predicted octanol–water partition coefficient (Wildman–Crippen LogP) is 2.53. The monoisotopic (exact) mass is 274 g/mol. The largest absolute Gasteiger partial charge is 0.574 e. The van der Waals surface area contributed by atoms with Gasteiger partial charge in [0.2, 0.25) is 0 Å². The van der Waals surface area contributed by atoms with Crippen LogP contribution < -0.4 is 4.74 Å². The van der Waals surface area contributed by atoms with Gasteiger partial charge in [0.1, 0.15) is 0 Å². The highest BCUT2D eigenvalue weighted by Gasteiger charge is 2.35. The lowest BCUT2D eigenvalue weighted by Crippen LogP contribution is -2.18. The molecule has 18 heavy (non-hydrogen) atoms. The Hall–Kier alpha value is -2.20. The van der Waals surface area contributed by atoms with E-state index in [4.69, 9.17) is 5.11 Å². The van der Waals surface area contributed by atoms with Crippen molar-refractivity contribution < 1.29 is 36.7 Å². The van der Waals surface area contributed by atoms with Gasteiger partial charge in [-0.25, -0.2) is 13.8 Å². The van der Waals surface area contributed by atoms with Crippen LogP contribution in [0.3, 0.4) is 0 Å². The molecule has 0 aliphatic carbocycles. The summed E-state index contributed by atoms with van der Waals surface area (Å²) in [5.41, 5.74) is -2.84. The van der Waals surface area contributed by atoms with Crippen LogP contribution >= 0.6 is 0 Å². The van der Waals surface area contributed by atoms with E-state index in [1.807, 2.05) is 0 Å². The van der Waals surface area contributed by atoms with Gasteiger partial charge in [0.25, 0.3) is 12.3 Å². The summed E-state index contributed by atoms with van der Waals surface area (Å²) in [4.78, 5) is 11.6. The van der Waals surface area contributed by atoms with Crippen LogP contribution in [0.15, 0.2) is 6.07 Å². The van der Waals surface area contributed by atoms with Crippen molar-refractivity contribution in [2.24, 2.45) is 0 Å². The lowest BCUT2D eigenvalue weighted by molar-refractivity contribution is -0.386. The van der Waals surface area contributed by atoms with Gasteiger partial charge in [-0.05, 0) is 0 Å². The maximum absolute atomic E-state index is 12.3. The lowest BCUT2D eigenvalue weighted by Gasteiger charge is -2.10. The van der Waals surface area contributed by atoms with Crippen LogP contribution in [0, 0.1) is 10.1 Å². The molecule has 0 radical (unpaired) electrons. The first-order valence-electron chi connectivity index (χ1n) is 4.04. The molecule has 0 spiro atoms. The number of alkyl halides is 5. The second-order valence-electron chi connectivity index (χ2n) is 2.82. The Bertz CT molecular complexity index is 476. The van der Waals surface area contributed by atoms with E-state index in [-0.39, 0.29) is 6.07 Å². The fourth-order valence-electron chi connectivity index (χ4n) is 0.981. The Morgan fingerprint density at radius 2 is 2.00 bits per heavy atom. The van der Waals surface area contributed by atoms with E-state index in [2.05, 4.69) is 9.72 Å². The summed E-state index contributed by atoms with van der Waals surface area (Å²) in [6, 6.07) is 0.107. The third kappa shape index (κ3) is 3.15. The Kier molecular flexibility index (Phi) is 3.53. The summed E-state index contributed by atoms with van der Waals surface area (Å²) >= 11 is 0. The average molecular weight is 274 g/mol. The van der Waals surface area contributed by atoms with Gasteiger partial charge in [-0.1, -0.05) is 0 Å². The van der Waals surface area contributed by atoms with Gasteiger partial charge < -0.3 is 9.84 Å². The number of aromatic hydroxyl groups is 1. The number of rotatable bonds is 3. The Morgan fingerprint density at radius 1 is 1.44 bits per heavy atom. The first kappa shape index (κ1) is 13.9. The fourth-order valence-corrected chi connectivity index (χ4v) is 0.981.